The van der Waals surface area contributed by atoms with Crippen LogP contribution in [0, 0.1) is 5.92 Å². The van der Waals surface area contributed by atoms with E-state index in [1.807, 2.05) is 0 Å². The Morgan fingerprint density at radius 1 is 1.13 bits per heavy atom. The monoisotopic (exact) mass is 322 g/mol. The molecule has 0 radical (unpaired) electrons. The van der Waals surface area contributed by atoms with E-state index in [0.29, 0.717) is 11.9 Å². The lowest BCUT2D eigenvalue weighted by molar-refractivity contribution is -0.137. The molecular weight excluding hydrogens is 292 g/mol. The maximum atomic E-state index is 12.1. The van der Waals surface area contributed by atoms with Gasteiger partial charge in [0.25, 0.3) is 0 Å². The molecule has 2 atom stereocenters. The molecule has 0 bridgehead atoms. The third-order valence-corrected chi connectivity index (χ3v) is 6.27. The number of hydrogen-bond acceptors (Lipinski definition) is 4. The van der Waals surface area contributed by atoms with Crippen LogP contribution < -0.4 is 0 Å². The van der Waals surface area contributed by atoms with Gasteiger partial charge in [-0.2, -0.15) is 0 Å². The first-order valence-electron chi connectivity index (χ1n) is 9.48. The molecule has 1 amide bonds. The van der Waals surface area contributed by atoms with E-state index in [4.69, 9.17) is 9.47 Å². The summed E-state index contributed by atoms with van der Waals surface area (Å²) in [6.45, 7) is 7.05. The molecule has 4 rings (SSSR count). The Balaban J connectivity index is 1.34. The molecule has 4 fully saturated rings. The number of rotatable bonds is 3. The van der Waals surface area contributed by atoms with Gasteiger partial charge in [-0.3, -0.25) is 4.79 Å². The minimum atomic E-state index is 0.0109. The molecule has 4 aliphatic rings. The summed E-state index contributed by atoms with van der Waals surface area (Å²) in [5, 5.41) is 0. The van der Waals surface area contributed by atoms with Gasteiger partial charge in [-0.1, -0.05) is 0 Å². The Morgan fingerprint density at radius 2 is 2.00 bits per heavy atom. The van der Waals surface area contributed by atoms with E-state index in [-0.39, 0.29) is 5.60 Å². The quantitative estimate of drug-likeness (QED) is 0.792. The van der Waals surface area contributed by atoms with Crippen LogP contribution in [-0.2, 0) is 14.3 Å². The van der Waals surface area contributed by atoms with Crippen molar-refractivity contribution in [3.05, 3.63) is 0 Å². The van der Waals surface area contributed by atoms with E-state index in [0.717, 1.165) is 77.5 Å². The lowest BCUT2D eigenvalue weighted by atomic mass is 9.88. The van der Waals surface area contributed by atoms with Gasteiger partial charge in [-0.25, -0.2) is 0 Å². The van der Waals surface area contributed by atoms with Crippen molar-refractivity contribution in [1.29, 1.82) is 0 Å². The summed E-state index contributed by atoms with van der Waals surface area (Å²) in [4.78, 5) is 16.8. The van der Waals surface area contributed by atoms with Crippen molar-refractivity contribution in [2.45, 2.75) is 56.6 Å². The first kappa shape index (κ1) is 15.9. The second-order valence-electron chi connectivity index (χ2n) is 7.91. The molecule has 0 unspecified atom stereocenters. The molecule has 5 heteroatoms. The number of amides is 1. The Bertz CT molecular complexity index is 438. The van der Waals surface area contributed by atoms with Crippen molar-refractivity contribution in [3.63, 3.8) is 0 Å². The summed E-state index contributed by atoms with van der Waals surface area (Å²) in [6, 6.07) is 0.418. The highest BCUT2D eigenvalue weighted by Crippen LogP contribution is 2.37. The number of likely N-dealkylation sites (tertiary alicyclic amines) is 2. The van der Waals surface area contributed by atoms with Gasteiger partial charge in [0.15, 0.2) is 0 Å². The zero-order chi connectivity index (χ0) is 15.7. The fourth-order valence-electron chi connectivity index (χ4n) is 4.98. The molecule has 5 nitrogen and oxygen atoms in total. The molecule has 0 aromatic carbocycles. The highest BCUT2D eigenvalue weighted by atomic mass is 16.5. The van der Waals surface area contributed by atoms with Gasteiger partial charge in [-0.05, 0) is 44.4 Å². The highest BCUT2D eigenvalue weighted by Gasteiger charge is 2.45. The molecule has 0 aromatic heterocycles. The van der Waals surface area contributed by atoms with Crippen LogP contribution >= 0.6 is 0 Å². The van der Waals surface area contributed by atoms with E-state index in [2.05, 4.69) is 9.80 Å². The Hall–Kier alpha value is -0.650. The Morgan fingerprint density at radius 3 is 2.78 bits per heavy atom. The summed E-state index contributed by atoms with van der Waals surface area (Å²) in [6.07, 6.45) is 7.40. The van der Waals surface area contributed by atoms with Gasteiger partial charge in [-0.15, -0.1) is 0 Å². The summed E-state index contributed by atoms with van der Waals surface area (Å²) in [5.74, 6) is 1.16. The summed E-state index contributed by atoms with van der Waals surface area (Å²) in [7, 11) is 0. The van der Waals surface area contributed by atoms with Crippen molar-refractivity contribution >= 4 is 5.91 Å². The van der Waals surface area contributed by atoms with Crippen molar-refractivity contribution in [3.8, 4) is 0 Å². The van der Waals surface area contributed by atoms with E-state index in [1.165, 1.54) is 19.4 Å². The Labute approximate surface area is 139 Å². The van der Waals surface area contributed by atoms with Crippen molar-refractivity contribution in [2.75, 3.05) is 46.0 Å². The lowest BCUT2D eigenvalue weighted by Crippen LogP contribution is -2.50. The minimum Gasteiger partial charge on any atom is -0.381 e. The molecule has 130 valence electrons. The molecule has 0 saturated carbocycles. The van der Waals surface area contributed by atoms with Crippen LogP contribution in [0.1, 0.15) is 44.9 Å². The van der Waals surface area contributed by atoms with Crippen LogP contribution in [-0.4, -0.2) is 73.3 Å². The molecule has 4 aliphatic heterocycles. The average Bonchev–Trinajstić information content (AvgIpc) is 3.15. The second kappa shape index (κ2) is 6.69. The van der Waals surface area contributed by atoms with Gasteiger partial charge in [0.05, 0.1) is 5.60 Å². The van der Waals surface area contributed by atoms with Gasteiger partial charge < -0.3 is 19.3 Å². The molecule has 0 N–H and O–H groups in total. The second-order valence-corrected chi connectivity index (χ2v) is 7.91. The number of carbonyl (C=O) groups excluding carboxylic acids is 1. The van der Waals surface area contributed by atoms with Crippen LogP contribution in [0.4, 0.5) is 0 Å². The van der Waals surface area contributed by atoms with Crippen molar-refractivity contribution in [1.82, 2.24) is 9.80 Å². The first-order chi connectivity index (χ1) is 11.2. The van der Waals surface area contributed by atoms with Crippen LogP contribution in [0.5, 0.6) is 0 Å². The minimum absolute atomic E-state index is 0.0109. The molecular formula is C18H30N2O3. The predicted molar refractivity (Wildman–Crippen MR) is 87.3 cm³/mol. The fourth-order valence-corrected chi connectivity index (χ4v) is 4.98. The number of hydrogen-bond donors (Lipinski definition) is 0. The largest absolute Gasteiger partial charge is 0.381 e. The zero-order valence-corrected chi connectivity index (χ0v) is 14.2. The molecule has 0 aliphatic carbocycles. The number of ether oxygens (including phenoxy) is 2. The van der Waals surface area contributed by atoms with Gasteiger partial charge in [0.2, 0.25) is 5.91 Å². The van der Waals surface area contributed by atoms with Gasteiger partial charge in [0, 0.05) is 58.5 Å². The third-order valence-electron chi connectivity index (χ3n) is 6.27. The fraction of sp³-hybridized carbons (Fsp3) is 0.944. The standard InChI is InChI=1S/C18H30N2O3/c21-17-2-1-7-20(17)16-5-11-23-18(12-16)6-8-19(14-18)13-15-3-9-22-10-4-15/h15-16H,1-14H2/t16-,18+/m0/s1. The molecule has 4 saturated heterocycles. The average molecular weight is 322 g/mol. The number of carbonyl (C=O) groups is 1. The highest BCUT2D eigenvalue weighted by molar-refractivity contribution is 5.78. The molecule has 1 spiro atoms. The van der Waals surface area contributed by atoms with E-state index in [1.54, 1.807) is 0 Å². The van der Waals surface area contributed by atoms with Crippen LogP contribution in [0.25, 0.3) is 0 Å². The normalized spacial score (nSPS) is 37.1. The van der Waals surface area contributed by atoms with Crippen molar-refractivity contribution in [2.24, 2.45) is 5.92 Å². The smallest absolute Gasteiger partial charge is 0.222 e. The molecule has 4 heterocycles. The zero-order valence-electron chi connectivity index (χ0n) is 14.2. The van der Waals surface area contributed by atoms with E-state index >= 15 is 0 Å². The SMILES string of the molecule is O=C1CCCN1[C@H]1CCO[C@]2(CCN(CC3CCOCC3)C2)C1. The maximum absolute atomic E-state index is 12.1. The summed E-state index contributed by atoms with van der Waals surface area (Å²) < 4.78 is 11.7. The lowest BCUT2D eigenvalue weighted by Gasteiger charge is -2.42. The molecule has 0 aromatic rings. The van der Waals surface area contributed by atoms with Gasteiger partial charge in [0.1, 0.15) is 0 Å². The van der Waals surface area contributed by atoms with Crippen LogP contribution in [0.2, 0.25) is 0 Å². The van der Waals surface area contributed by atoms with E-state index in [9.17, 15) is 4.79 Å². The third kappa shape index (κ3) is 3.42. The predicted octanol–water partition coefficient (Wildman–Crippen LogP) is 1.66. The topological polar surface area (TPSA) is 42.0 Å². The summed E-state index contributed by atoms with van der Waals surface area (Å²) in [5.41, 5.74) is 0.0109. The number of nitrogens with zero attached hydrogens (tertiary/aromatic N) is 2. The summed E-state index contributed by atoms with van der Waals surface area (Å²) >= 11 is 0. The van der Waals surface area contributed by atoms with Crippen molar-refractivity contribution < 1.29 is 14.3 Å². The van der Waals surface area contributed by atoms with E-state index < -0.39 is 0 Å². The van der Waals surface area contributed by atoms with Gasteiger partial charge >= 0.3 is 0 Å². The van der Waals surface area contributed by atoms with Crippen LogP contribution in [0.3, 0.4) is 0 Å². The van der Waals surface area contributed by atoms with Crippen LogP contribution in [0.15, 0.2) is 0 Å². The molecule has 23 heavy (non-hydrogen) atoms. The maximum Gasteiger partial charge on any atom is 0.222 e. The Kier molecular flexibility index (Phi) is 4.61. The first-order valence-corrected chi connectivity index (χ1v) is 9.48.